The van der Waals surface area contributed by atoms with Gasteiger partial charge >= 0.3 is 5.97 Å². The van der Waals surface area contributed by atoms with E-state index in [1.807, 2.05) is 6.92 Å². The van der Waals surface area contributed by atoms with Crippen molar-refractivity contribution in [3.05, 3.63) is 11.7 Å². The molecule has 2 atom stereocenters. The molecule has 0 aliphatic carbocycles. The van der Waals surface area contributed by atoms with Crippen LogP contribution in [0.4, 0.5) is 0 Å². The summed E-state index contributed by atoms with van der Waals surface area (Å²) in [5.74, 6) is 1.27. The molecular weight excluding hydrogens is 272 g/mol. The first-order chi connectivity index (χ1) is 10.1. The van der Waals surface area contributed by atoms with Gasteiger partial charge in [-0.25, -0.2) is 0 Å². The molecule has 0 saturated carbocycles. The summed E-state index contributed by atoms with van der Waals surface area (Å²) in [5, 5.41) is 3.94. The van der Waals surface area contributed by atoms with Gasteiger partial charge in [-0.05, 0) is 19.9 Å². The van der Waals surface area contributed by atoms with Gasteiger partial charge in [-0.15, -0.1) is 0 Å². The third-order valence-electron chi connectivity index (χ3n) is 4.14. The van der Waals surface area contributed by atoms with E-state index >= 15 is 0 Å². The Kier molecular flexibility index (Phi) is 4.21. The average molecular weight is 294 g/mol. The molecule has 2 fully saturated rings. The molecule has 1 aromatic rings. The number of esters is 1. The van der Waals surface area contributed by atoms with Crippen LogP contribution in [0.3, 0.4) is 0 Å². The maximum atomic E-state index is 11.9. The van der Waals surface area contributed by atoms with Gasteiger partial charge in [-0.2, -0.15) is 4.98 Å². The molecule has 21 heavy (non-hydrogen) atoms. The number of hydrogen-bond acceptors (Lipinski definition) is 7. The van der Waals surface area contributed by atoms with Crippen LogP contribution >= 0.6 is 0 Å². The normalized spacial score (nSPS) is 28.6. The molecule has 0 N–H and O–H groups in total. The lowest BCUT2D eigenvalue weighted by atomic mass is 10.1. The van der Waals surface area contributed by atoms with Crippen molar-refractivity contribution in [3.63, 3.8) is 0 Å². The Morgan fingerprint density at radius 2 is 2.14 bits per heavy atom. The number of aromatic nitrogens is 2. The van der Waals surface area contributed by atoms with Crippen molar-refractivity contribution >= 4 is 5.97 Å². The third kappa shape index (κ3) is 3.41. The Labute approximate surface area is 124 Å². The highest BCUT2D eigenvalue weighted by Crippen LogP contribution is 2.21. The summed E-state index contributed by atoms with van der Waals surface area (Å²) in [5.41, 5.74) is 0. The van der Waals surface area contributed by atoms with E-state index < -0.39 is 0 Å². The molecule has 3 rings (SSSR count). The summed E-state index contributed by atoms with van der Waals surface area (Å²) in [4.78, 5) is 20.7. The summed E-state index contributed by atoms with van der Waals surface area (Å²) in [7, 11) is 0. The second kappa shape index (κ2) is 6.11. The standard InChI is InChI=1S/C14H22N4O3/c1-10-8-12(14(19)20-10)18-5-3-4-17(6-7-18)9-13-15-11(2)21-16-13/h10,12H,3-9H2,1-2H3/t10-,12-/m0/s1. The van der Waals surface area contributed by atoms with Crippen molar-refractivity contribution in [2.24, 2.45) is 0 Å². The quantitative estimate of drug-likeness (QED) is 0.755. The molecule has 7 heteroatoms. The minimum absolute atomic E-state index is 0.0455. The van der Waals surface area contributed by atoms with E-state index in [2.05, 4.69) is 19.9 Å². The van der Waals surface area contributed by atoms with Crippen LogP contribution in [-0.4, -0.2) is 64.2 Å². The smallest absolute Gasteiger partial charge is 0.323 e. The van der Waals surface area contributed by atoms with E-state index in [1.54, 1.807) is 6.92 Å². The number of cyclic esters (lactones) is 1. The summed E-state index contributed by atoms with van der Waals surface area (Å²) in [6.45, 7) is 8.18. The molecule has 2 aliphatic rings. The van der Waals surface area contributed by atoms with Crippen molar-refractivity contribution in [3.8, 4) is 0 Å². The molecule has 7 nitrogen and oxygen atoms in total. The molecule has 3 heterocycles. The second-order valence-electron chi connectivity index (χ2n) is 5.89. The van der Waals surface area contributed by atoms with Gasteiger partial charge in [0.15, 0.2) is 5.82 Å². The number of ether oxygens (including phenoxy) is 1. The lowest BCUT2D eigenvalue weighted by molar-refractivity contribution is -0.144. The van der Waals surface area contributed by atoms with Gasteiger partial charge < -0.3 is 9.26 Å². The van der Waals surface area contributed by atoms with E-state index in [4.69, 9.17) is 9.26 Å². The zero-order valence-electron chi connectivity index (χ0n) is 12.6. The predicted octanol–water partition coefficient (Wildman–Crippen LogP) is 0.590. The van der Waals surface area contributed by atoms with Crippen molar-refractivity contribution in [1.82, 2.24) is 19.9 Å². The van der Waals surface area contributed by atoms with Crippen molar-refractivity contribution in [2.45, 2.75) is 45.4 Å². The average Bonchev–Trinajstić information content (AvgIpc) is 2.90. The topological polar surface area (TPSA) is 71.7 Å². The molecule has 2 aliphatic heterocycles. The highest BCUT2D eigenvalue weighted by atomic mass is 16.6. The van der Waals surface area contributed by atoms with Crippen LogP contribution in [0.2, 0.25) is 0 Å². The second-order valence-corrected chi connectivity index (χ2v) is 5.89. The van der Waals surface area contributed by atoms with Gasteiger partial charge in [0.25, 0.3) is 0 Å². The van der Waals surface area contributed by atoms with Crippen LogP contribution in [0, 0.1) is 6.92 Å². The zero-order chi connectivity index (χ0) is 14.8. The highest BCUT2D eigenvalue weighted by Gasteiger charge is 2.36. The Hall–Kier alpha value is -1.47. The minimum Gasteiger partial charge on any atom is -0.461 e. The van der Waals surface area contributed by atoms with Crippen molar-refractivity contribution < 1.29 is 14.1 Å². The molecule has 1 aromatic heterocycles. The van der Waals surface area contributed by atoms with E-state index in [1.165, 1.54) is 0 Å². The molecular formula is C14H22N4O3. The first-order valence-electron chi connectivity index (χ1n) is 7.58. The molecule has 0 bridgehead atoms. The zero-order valence-corrected chi connectivity index (χ0v) is 12.6. The number of carbonyl (C=O) groups excluding carboxylic acids is 1. The lowest BCUT2D eigenvalue weighted by Gasteiger charge is -2.24. The largest absolute Gasteiger partial charge is 0.461 e. The Morgan fingerprint density at radius 1 is 1.29 bits per heavy atom. The maximum Gasteiger partial charge on any atom is 0.323 e. The van der Waals surface area contributed by atoms with Crippen LogP contribution in [0.5, 0.6) is 0 Å². The van der Waals surface area contributed by atoms with Gasteiger partial charge in [-0.1, -0.05) is 5.16 Å². The van der Waals surface area contributed by atoms with Crippen molar-refractivity contribution in [2.75, 3.05) is 26.2 Å². The fourth-order valence-electron chi connectivity index (χ4n) is 3.10. The number of carbonyl (C=O) groups is 1. The summed E-state index contributed by atoms with van der Waals surface area (Å²) in [6.07, 6.45) is 1.89. The van der Waals surface area contributed by atoms with Crippen molar-refractivity contribution in [1.29, 1.82) is 0 Å². The fourth-order valence-corrected chi connectivity index (χ4v) is 3.10. The summed E-state index contributed by atoms with van der Waals surface area (Å²) >= 11 is 0. The Balaban J connectivity index is 1.55. The van der Waals surface area contributed by atoms with E-state index in [9.17, 15) is 4.79 Å². The monoisotopic (exact) mass is 294 g/mol. The predicted molar refractivity (Wildman–Crippen MR) is 74.5 cm³/mol. The number of nitrogens with zero attached hydrogens (tertiary/aromatic N) is 4. The van der Waals surface area contributed by atoms with E-state index in [0.29, 0.717) is 12.4 Å². The maximum absolute atomic E-state index is 11.9. The van der Waals surface area contributed by atoms with Crippen LogP contribution in [0.25, 0.3) is 0 Å². The molecule has 0 amide bonds. The van der Waals surface area contributed by atoms with Crippen LogP contribution < -0.4 is 0 Å². The third-order valence-corrected chi connectivity index (χ3v) is 4.14. The molecule has 2 saturated heterocycles. The summed E-state index contributed by atoms with van der Waals surface area (Å²) in [6, 6.07) is -0.0626. The van der Waals surface area contributed by atoms with Gasteiger partial charge in [0.1, 0.15) is 12.1 Å². The SMILES string of the molecule is Cc1nc(CN2CCCN([C@H]3C[C@H](C)OC3=O)CC2)no1. The van der Waals surface area contributed by atoms with Gasteiger partial charge in [0.05, 0.1) is 6.54 Å². The van der Waals surface area contributed by atoms with Crippen LogP contribution in [-0.2, 0) is 16.1 Å². The van der Waals surface area contributed by atoms with E-state index in [-0.39, 0.29) is 18.1 Å². The van der Waals surface area contributed by atoms with Gasteiger partial charge in [-0.3, -0.25) is 14.6 Å². The molecule has 0 aromatic carbocycles. The number of hydrogen-bond donors (Lipinski definition) is 0. The number of aryl methyl sites for hydroxylation is 1. The molecule has 116 valence electrons. The van der Waals surface area contributed by atoms with Gasteiger partial charge in [0, 0.05) is 33.0 Å². The Bertz CT molecular complexity index is 504. The van der Waals surface area contributed by atoms with Crippen LogP contribution in [0.15, 0.2) is 4.52 Å². The van der Waals surface area contributed by atoms with Crippen LogP contribution in [0.1, 0.15) is 31.5 Å². The lowest BCUT2D eigenvalue weighted by Crippen LogP contribution is -2.41. The van der Waals surface area contributed by atoms with E-state index in [0.717, 1.165) is 44.8 Å². The first kappa shape index (κ1) is 14.5. The highest BCUT2D eigenvalue weighted by molar-refractivity contribution is 5.77. The summed E-state index contributed by atoms with van der Waals surface area (Å²) < 4.78 is 10.3. The Morgan fingerprint density at radius 3 is 2.81 bits per heavy atom. The van der Waals surface area contributed by atoms with Gasteiger partial charge in [0.2, 0.25) is 5.89 Å². The molecule has 0 radical (unpaired) electrons. The molecule has 0 spiro atoms. The molecule has 0 unspecified atom stereocenters. The number of rotatable bonds is 3. The fraction of sp³-hybridized carbons (Fsp3) is 0.786. The minimum atomic E-state index is -0.0651. The first-order valence-corrected chi connectivity index (χ1v) is 7.58.